The Morgan fingerprint density at radius 3 is 2.58 bits per heavy atom. The van der Waals surface area contributed by atoms with Gasteiger partial charge in [-0.3, -0.25) is 0 Å². The SMILES string of the molecule is CCCNC(=S)N(CCC)N=O. The summed E-state index contributed by atoms with van der Waals surface area (Å²) in [5.41, 5.74) is 0. The zero-order chi connectivity index (χ0) is 9.40. The van der Waals surface area contributed by atoms with Gasteiger partial charge in [0.2, 0.25) is 0 Å². The molecule has 0 aliphatic carbocycles. The van der Waals surface area contributed by atoms with Crippen molar-refractivity contribution in [2.45, 2.75) is 26.7 Å². The van der Waals surface area contributed by atoms with Gasteiger partial charge in [0.15, 0.2) is 5.11 Å². The summed E-state index contributed by atoms with van der Waals surface area (Å²) in [6, 6.07) is 0. The number of hydrogen-bond acceptors (Lipinski definition) is 3. The average molecular weight is 189 g/mol. The first-order valence-electron chi connectivity index (χ1n) is 4.14. The van der Waals surface area contributed by atoms with Crippen molar-refractivity contribution < 1.29 is 0 Å². The maximum absolute atomic E-state index is 10.2. The second-order valence-corrected chi connectivity index (χ2v) is 2.82. The molecule has 12 heavy (non-hydrogen) atoms. The third-order valence-electron chi connectivity index (χ3n) is 1.29. The van der Waals surface area contributed by atoms with E-state index >= 15 is 0 Å². The van der Waals surface area contributed by atoms with E-state index in [4.69, 9.17) is 12.2 Å². The molecule has 0 radical (unpaired) electrons. The number of hydrogen-bond donors (Lipinski definition) is 1. The van der Waals surface area contributed by atoms with Crippen molar-refractivity contribution in [3.63, 3.8) is 0 Å². The minimum absolute atomic E-state index is 0.425. The zero-order valence-electron chi connectivity index (χ0n) is 7.54. The minimum atomic E-state index is 0.425. The van der Waals surface area contributed by atoms with Gasteiger partial charge in [0.1, 0.15) is 0 Å². The van der Waals surface area contributed by atoms with E-state index in [1.54, 1.807) is 0 Å². The van der Waals surface area contributed by atoms with Crippen LogP contribution in [0.4, 0.5) is 0 Å². The van der Waals surface area contributed by atoms with Crippen LogP contribution in [0.5, 0.6) is 0 Å². The maximum Gasteiger partial charge on any atom is 0.192 e. The van der Waals surface area contributed by atoms with Crippen molar-refractivity contribution in [3.8, 4) is 0 Å². The van der Waals surface area contributed by atoms with Gasteiger partial charge in [-0.05, 0) is 25.1 Å². The number of rotatable bonds is 5. The molecule has 4 nitrogen and oxygen atoms in total. The number of thiocarbonyl (C=S) groups is 1. The molecule has 0 aliphatic rings. The van der Waals surface area contributed by atoms with E-state index in [1.807, 2.05) is 13.8 Å². The summed E-state index contributed by atoms with van der Waals surface area (Å²) in [4.78, 5) is 10.2. The van der Waals surface area contributed by atoms with Gasteiger partial charge in [-0.1, -0.05) is 13.8 Å². The van der Waals surface area contributed by atoms with E-state index in [9.17, 15) is 4.91 Å². The van der Waals surface area contributed by atoms with Gasteiger partial charge >= 0.3 is 0 Å². The highest BCUT2D eigenvalue weighted by atomic mass is 32.1. The highest BCUT2D eigenvalue weighted by Gasteiger charge is 2.06. The van der Waals surface area contributed by atoms with Crippen molar-refractivity contribution in [2.75, 3.05) is 13.1 Å². The summed E-state index contributed by atoms with van der Waals surface area (Å²) < 4.78 is 0. The number of nitroso groups, excluding NO2 is 1. The Kier molecular flexibility index (Phi) is 6.55. The van der Waals surface area contributed by atoms with Crippen LogP contribution in [0.3, 0.4) is 0 Å². The topological polar surface area (TPSA) is 44.7 Å². The molecule has 0 heterocycles. The lowest BCUT2D eigenvalue weighted by atomic mass is 10.5. The van der Waals surface area contributed by atoms with Crippen LogP contribution in [0.2, 0.25) is 0 Å². The monoisotopic (exact) mass is 189 g/mol. The smallest absolute Gasteiger partial charge is 0.192 e. The number of nitrogens with zero attached hydrogens (tertiary/aromatic N) is 2. The molecule has 0 aromatic carbocycles. The van der Waals surface area contributed by atoms with Gasteiger partial charge < -0.3 is 5.32 Å². The molecule has 0 amide bonds. The lowest BCUT2D eigenvalue weighted by Gasteiger charge is -2.15. The minimum Gasteiger partial charge on any atom is -0.361 e. The molecule has 0 aliphatic heterocycles. The van der Waals surface area contributed by atoms with Crippen molar-refractivity contribution >= 4 is 17.3 Å². The lowest BCUT2D eigenvalue weighted by Crippen LogP contribution is -2.36. The van der Waals surface area contributed by atoms with Crippen LogP contribution in [0.25, 0.3) is 0 Å². The van der Waals surface area contributed by atoms with E-state index < -0.39 is 0 Å². The van der Waals surface area contributed by atoms with Crippen molar-refractivity contribution in [1.82, 2.24) is 10.3 Å². The van der Waals surface area contributed by atoms with Gasteiger partial charge in [-0.25, -0.2) is 5.01 Å². The fourth-order valence-electron chi connectivity index (χ4n) is 0.714. The van der Waals surface area contributed by atoms with Crippen LogP contribution in [0, 0.1) is 4.91 Å². The Balaban J connectivity index is 3.77. The average Bonchev–Trinajstić information content (AvgIpc) is 2.10. The first-order valence-corrected chi connectivity index (χ1v) is 4.55. The summed E-state index contributed by atoms with van der Waals surface area (Å²) in [6.45, 7) is 5.38. The van der Waals surface area contributed by atoms with E-state index in [-0.39, 0.29) is 0 Å². The van der Waals surface area contributed by atoms with E-state index in [0.717, 1.165) is 19.4 Å². The van der Waals surface area contributed by atoms with E-state index in [1.165, 1.54) is 5.01 Å². The predicted molar refractivity (Wildman–Crippen MR) is 53.7 cm³/mol. The van der Waals surface area contributed by atoms with Crippen LogP contribution < -0.4 is 5.32 Å². The molecular formula is C7H15N3OS. The summed E-state index contributed by atoms with van der Waals surface area (Å²) in [6.07, 6.45) is 1.85. The van der Waals surface area contributed by atoms with Crippen LogP contribution in [0.1, 0.15) is 26.7 Å². The highest BCUT2D eigenvalue weighted by molar-refractivity contribution is 7.80. The van der Waals surface area contributed by atoms with Crippen molar-refractivity contribution in [2.24, 2.45) is 5.29 Å². The van der Waals surface area contributed by atoms with E-state index in [0.29, 0.717) is 11.7 Å². The van der Waals surface area contributed by atoms with Crippen molar-refractivity contribution in [3.05, 3.63) is 4.91 Å². The Bertz CT molecular complexity index is 152. The summed E-state index contributed by atoms with van der Waals surface area (Å²) in [5.74, 6) is 0. The molecule has 0 atom stereocenters. The Hall–Kier alpha value is -0.710. The fourth-order valence-corrected chi connectivity index (χ4v) is 0.941. The largest absolute Gasteiger partial charge is 0.361 e. The fraction of sp³-hybridized carbons (Fsp3) is 0.857. The quantitative estimate of drug-likeness (QED) is 0.406. The second-order valence-electron chi connectivity index (χ2n) is 2.44. The molecule has 0 fully saturated rings. The number of nitrogens with one attached hydrogen (secondary N) is 1. The molecule has 0 aromatic heterocycles. The molecule has 0 aromatic rings. The molecule has 0 saturated carbocycles. The van der Waals surface area contributed by atoms with Crippen LogP contribution in [0.15, 0.2) is 5.29 Å². The molecule has 0 rings (SSSR count). The molecule has 0 spiro atoms. The molecule has 5 heteroatoms. The molecular weight excluding hydrogens is 174 g/mol. The van der Waals surface area contributed by atoms with Crippen LogP contribution in [-0.4, -0.2) is 23.2 Å². The van der Waals surface area contributed by atoms with Gasteiger partial charge in [-0.15, -0.1) is 4.91 Å². The van der Waals surface area contributed by atoms with Gasteiger partial charge in [-0.2, -0.15) is 0 Å². The lowest BCUT2D eigenvalue weighted by molar-refractivity contribution is 0.429. The maximum atomic E-state index is 10.2. The standard InChI is InChI=1S/C7H15N3OS/c1-3-5-8-7(12)10(9-11)6-4-2/h3-6H2,1-2H3,(H,8,12). The third-order valence-corrected chi connectivity index (χ3v) is 1.65. The molecule has 0 unspecified atom stereocenters. The molecule has 0 saturated heterocycles. The first-order chi connectivity index (χ1) is 5.76. The molecule has 70 valence electrons. The van der Waals surface area contributed by atoms with Crippen LogP contribution >= 0.6 is 12.2 Å². The van der Waals surface area contributed by atoms with Crippen LogP contribution in [-0.2, 0) is 0 Å². The third kappa shape index (κ3) is 4.23. The highest BCUT2D eigenvalue weighted by Crippen LogP contribution is 1.93. The van der Waals surface area contributed by atoms with Gasteiger partial charge in [0.05, 0.1) is 5.29 Å². The molecule has 0 bridgehead atoms. The summed E-state index contributed by atoms with van der Waals surface area (Å²) in [5, 5.41) is 7.44. The second kappa shape index (κ2) is 6.97. The van der Waals surface area contributed by atoms with E-state index in [2.05, 4.69) is 10.6 Å². The van der Waals surface area contributed by atoms with Gasteiger partial charge in [0.25, 0.3) is 0 Å². The first kappa shape index (κ1) is 11.3. The van der Waals surface area contributed by atoms with Crippen molar-refractivity contribution in [1.29, 1.82) is 0 Å². The summed E-state index contributed by atoms with van der Waals surface area (Å²) in [7, 11) is 0. The predicted octanol–water partition coefficient (Wildman–Crippen LogP) is 1.66. The Morgan fingerprint density at radius 2 is 2.17 bits per heavy atom. The summed E-state index contributed by atoms with van der Waals surface area (Å²) >= 11 is 4.93. The zero-order valence-corrected chi connectivity index (χ0v) is 8.36. The normalized spacial score (nSPS) is 9.17. The Morgan fingerprint density at radius 1 is 1.50 bits per heavy atom. The van der Waals surface area contributed by atoms with Gasteiger partial charge in [0, 0.05) is 13.1 Å². The molecule has 1 N–H and O–H groups in total. The Labute approximate surface area is 78.3 Å².